The Morgan fingerprint density at radius 2 is 1.94 bits per heavy atom. The highest BCUT2D eigenvalue weighted by Crippen LogP contribution is 2.30. The van der Waals surface area contributed by atoms with Crippen LogP contribution in [0.25, 0.3) is 17.0 Å². The summed E-state index contributed by atoms with van der Waals surface area (Å²) in [6.07, 6.45) is -6.67. The summed E-state index contributed by atoms with van der Waals surface area (Å²) in [5.74, 6) is 0.226. The first-order valence-corrected chi connectivity index (χ1v) is 10.7. The summed E-state index contributed by atoms with van der Waals surface area (Å²) < 4.78 is 84.3. The minimum Gasteiger partial charge on any atom is -0.478 e. The third kappa shape index (κ3) is 6.31. The number of alkyl halides is 6. The summed E-state index contributed by atoms with van der Waals surface area (Å²) in [7, 11) is 1.42. The molecule has 0 radical (unpaired) electrons. The molecular formula is C21H23F6N7O2. The first kappa shape index (κ1) is 26.9. The molecule has 3 heterocycles. The van der Waals surface area contributed by atoms with Gasteiger partial charge in [-0.2, -0.15) is 31.4 Å². The quantitative estimate of drug-likeness (QED) is 0.439. The average molecular weight is 519 g/mol. The molecule has 196 valence electrons. The van der Waals surface area contributed by atoms with E-state index >= 15 is 0 Å². The van der Waals surface area contributed by atoms with Gasteiger partial charge in [-0.25, -0.2) is 14.8 Å². The number of imidazole rings is 1. The van der Waals surface area contributed by atoms with Gasteiger partial charge in [-0.15, -0.1) is 5.10 Å². The van der Waals surface area contributed by atoms with Crippen LogP contribution in [0.2, 0.25) is 0 Å². The van der Waals surface area contributed by atoms with E-state index < -0.39 is 43.3 Å². The molecule has 1 N–H and O–H groups in total. The first-order valence-electron chi connectivity index (χ1n) is 10.7. The van der Waals surface area contributed by atoms with Crippen LogP contribution in [-0.2, 0) is 0 Å². The van der Waals surface area contributed by atoms with Gasteiger partial charge in [-0.1, -0.05) is 0 Å². The number of nitrogens with zero attached hydrogens (tertiary/aromatic N) is 6. The predicted octanol–water partition coefficient (Wildman–Crippen LogP) is 4.56. The maximum Gasteiger partial charge on any atom is 0.408 e. The second-order valence-corrected chi connectivity index (χ2v) is 7.83. The molecule has 9 nitrogen and oxygen atoms in total. The third-order valence-corrected chi connectivity index (χ3v) is 5.44. The topological polar surface area (TPSA) is 97.5 Å². The number of halogens is 6. The van der Waals surface area contributed by atoms with Crippen molar-refractivity contribution in [1.29, 1.82) is 0 Å². The molecule has 3 aromatic heterocycles. The number of methoxy groups -OCH3 is 1. The van der Waals surface area contributed by atoms with Crippen LogP contribution in [0, 0.1) is 0 Å². The summed E-state index contributed by atoms with van der Waals surface area (Å²) >= 11 is 0. The van der Waals surface area contributed by atoms with Crippen molar-refractivity contribution in [3.63, 3.8) is 0 Å². The molecule has 0 bridgehead atoms. The normalized spacial score (nSPS) is 13.9. The van der Waals surface area contributed by atoms with Gasteiger partial charge >= 0.3 is 18.4 Å². The molecule has 2 amide bonds. The van der Waals surface area contributed by atoms with E-state index in [0.717, 1.165) is 4.90 Å². The fourth-order valence-electron chi connectivity index (χ4n) is 3.53. The molecule has 0 saturated carbocycles. The second-order valence-electron chi connectivity index (χ2n) is 7.83. The van der Waals surface area contributed by atoms with Crippen LogP contribution in [0.15, 0.2) is 30.9 Å². The van der Waals surface area contributed by atoms with Crippen molar-refractivity contribution in [2.75, 3.05) is 13.7 Å². The van der Waals surface area contributed by atoms with Gasteiger partial charge in [0.05, 0.1) is 19.3 Å². The van der Waals surface area contributed by atoms with Crippen molar-refractivity contribution in [3.05, 3.63) is 36.4 Å². The Balaban J connectivity index is 1.84. The van der Waals surface area contributed by atoms with E-state index in [2.05, 4.69) is 20.2 Å². The van der Waals surface area contributed by atoms with Crippen LogP contribution < -0.4 is 10.1 Å². The highest BCUT2D eigenvalue weighted by atomic mass is 19.4. The number of ether oxygens (including phenoxy) is 1. The average Bonchev–Trinajstić information content (AvgIpc) is 3.29. The lowest BCUT2D eigenvalue weighted by atomic mass is 10.1. The number of nitrogens with one attached hydrogen (secondary N) is 1. The van der Waals surface area contributed by atoms with Gasteiger partial charge in [-0.3, -0.25) is 0 Å². The fourth-order valence-corrected chi connectivity index (χ4v) is 3.53. The zero-order valence-corrected chi connectivity index (χ0v) is 19.4. The van der Waals surface area contributed by atoms with Crippen LogP contribution in [0.1, 0.15) is 38.3 Å². The Hall–Kier alpha value is -3.65. The van der Waals surface area contributed by atoms with E-state index in [1.165, 1.54) is 20.2 Å². The summed E-state index contributed by atoms with van der Waals surface area (Å²) in [5.41, 5.74) is 1.54. The zero-order valence-electron chi connectivity index (χ0n) is 19.4. The number of amides is 2. The summed E-state index contributed by atoms with van der Waals surface area (Å²) in [6, 6.07) is -3.05. The molecule has 36 heavy (non-hydrogen) atoms. The lowest BCUT2D eigenvalue weighted by molar-refractivity contribution is -0.171. The smallest absolute Gasteiger partial charge is 0.408 e. The van der Waals surface area contributed by atoms with Crippen molar-refractivity contribution in [2.24, 2.45) is 0 Å². The molecule has 0 saturated heterocycles. The van der Waals surface area contributed by atoms with Crippen LogP contribution in [-0.4, -0.2) is 67.5 Å². The summed E-state index contributed by atoms with van der Waals surface area (Å²) in [4.78, 5) is 22.2. The Kier molecular flexibility index (Phi) is 7.89. The molecule has 0 aromatic carbocycles. The van der Waals surface area contributed by atoms with Crippen LogP contribution in [0.3, 0.4) is 0 Å². The summed E-state index contributed by atoms with van der Waals surface area (Å²) in [5, 5.41) is 9.66. The molecule has 0 aliphatic carbocycles. The standard InChI is InChI=1S/C21H23F6N7O2/c1-4-34(19(35)31-16(21(25,26)27)5-6-20(22,23)24)12(2)13-9-14(32-29-10-13)15-11-33-8-7-28-17(33)18(30-15)36-3/h7-12,16H,4-6H2,1-3H3,(H,31,35)/t12?,16-/m0/s1. The number of hydrogen-bond acceptors (Lipinski definition) is 6. The number of hydrogen-bond donors (Lipinski definition) is 1. The van der Waals surface area contributed by atoms with E-state index in [9.17, 15) is 31.1 Å². The van der Waals surface area contributed by atoms with Crippen molar-refractivity contribution in [2.45, 2.75) is 51.1 Å². The van der Waals surface area contributed by atoms with Gasteiger partial charge in [0.25, 0.3) is 5.88 Å². The molecule has 0 aliphatic rings. The van der Waals surface area contributed by atoms with E-state index in [-0.39, 0.29) is 12.4 Å². The number of carbonyl (C=O) groups excluding carboxylic acids is 1. The Labute approximate surface area is 201 Å². The molecule has 3 rings (SSSR count). The lowest BCUT2D eigenvalue weighted by Gasteiger charge is -2.31. The van der Waals surface area contributed by atoms with E-state index in [4.69, 9.17) is 4.74 Å². The third-order valence-electron chi connectivity index (χ3n) is 5.44. The zero-order chi connectivity index (χ0) is 26.7. The van der Waals surface area contributed by atoms with Crippen molar-refractivity contribution in [3.8, 4) is 17.3 Å². The van der Waals surface area contributed by atoms with Gasteiger partial charge in [0.15, 0.2) is 5.65 Å². The van der Waals surface area contributed by atoms with Crippen LogP contribution in [0.5, 0.6) is 5.88 Å². The van der Waals surface area contributed by atoms with Gasteiger partial charge in [0, 0.05) is 31.6 Å². The van der Waals surface area contributed by atoms with E-state index in [0.29, 0.717) is 22.6 Å². The highest BCUT2D eigenvalue weighted by molar-refractivity contribution is 5.75. The molecule has 0 aliphatic heterocycles. The molecular weight excluding hydrogens is 496 g/mol. The Bertz CT molecular complexity index is 1200. The predicted molar refractivity (Wildman–Crippen MR) is 115 cm³/mol. The van der Waals surface area contributed by atoms with E-state index in [1.807, 2.05) is 0 Å². The number of aromatic nitrogens is 5. The maximum absolute atomic E-state index is 13.3. The Morgan fingerprint density at radius 3 is 2.56 bits per heavy atom. The molecule has 0 fully saturated rings. The monoisotopic (exact) mass is 519 g/mol. The number of carbonyl (C=O) groups is 1. The maximum atomic E-state index is 13.3. The first-order chi connectivity index (χ1) is 16.8. The van der Waals surface area contributed by atoms with Gasteiger partial charge < -0.3 is 19.4 Å². The van der Waals surface area contributed by atoms with Crippen molar-refractivity contribution >= 4 is 11.7 Å². The second kappa shape index (κ2) is 10.5. The van der Waals surface area contributed by atoms with Crippen LogP contribution in [0.4, 0.5) is 31.1 Å². The minimum atomic E-state index is -5.05. The van der Waals surface area contributed by atoms with Crippen LogP contribution >= 0.6 is 0 Å². The number of urea groups is 1. The number of fused-ring (bicyclic) bond motifs is 1. The van der Waals surface area contributed by atoms with Gasteiger partial charge in [0.2, 0.25) is 0 Å². The SMILES string of the molecule is CCN(C(=O)N[C@@H](CCC(F)(F)F)C(F)(F)F)C(C)c1cnnc(-c2cn3ccnc3c(OC)n2)c1. The molecule has 15 heteroatoms. The van der Waals surface area contributed by atoms with E-state index in [1.54, 1.807) is 41.3 Å². The van der Waals surface area contributed by atoms with Gasteiger partial charge in [-0.05, 0) is 31.9 Å². The molecule has 0 spiro atoms. The molecule has 1 unspecified atom stereocenters. The molecule has 3 aromatic rings. The lowest BCUT2D eigenvalue weighted by Crippen LogP contribution is -2.51. The Morgan fingerprint density at radius 1 is 1.22 bits per heavy atom. The number of rotatable bonds is 8. The van der Waals surface area contributed by atoms with Crippen molar-refractivity contribution in [1.82, 2.24) is 34.8 Å². The van der Waals surface area contributed by atoms with Crippen molar-refractivity contribution < 1.29 is 35.9 Å². The highest BCUT2D eigenvalue weighted by Gasteiger charge is 2.43. The largest absolute Gasteiger partial charge is 0.478 e. The fraction of sp³-hybridized carbons (Fsp3) is 0.476. The minimum absolute atomic E-state index is 0.0262. The van der Waals surface area contributed by atoms with Gasteiger partial charge in [0.1, 0.15) is 17.4 Å². The molecule has 2 atom stereocenters. The summed E-state index contributed by atoms with van der Waals surface area (Å²) in [6.45, 7) is 3.06.